The summed E-state index contributed by atoms with van der Waals surface area (Å²) in [7, 11) is -4.14. The number of aryl methyl sites for hydroxylation is 2. The first-order chi connectivity index (χ1) is 22.1. The lowest BCUT2D eigenvalue weighted by molar-refractivity contribution is 0.0456. The smallest absolute Gasteiger partial charge is 0.264 e. The zero-order chi connectivity index (χ0) is 32.1. The molecule has 7 rings (SSSR count). The van der Waals surface area contributed by atoms with Crippen molar-refractivity contribution in [3.63, 3.8) is 0 Å². The van der Waals surface area contributed by atoms with Crippen molar-refractivity contribution in [2.75, 3.05) is 24.6 Å². The molecule has 0 radical (unpaired) electrons. The van der Waals surface area contributed by atoms with E-state index >= 15 is 0 Å². The standard InChI is InChI=1S/C34H39ClN4O6S/c1-21-36-37-32(45-21)17-26-6-2-3-7-30(40)27-11-8-24(27)18-39-19-34(14-4-5-22-15-25(35)10-12-28(22)34)20-44-31-13-9-23(16-29(31)39)33(41)38-46(26,42)43/h3,7,9-10,12-13,15-16,24,26-27,30,40H,2,4-6,8,11,14,17-20H2,1H3,(H,38,41)/b7-3+/t24-,26+,27+,30-,34-/m0/s1. The van der Waals surface area contributed by atoms with E-state index in [1.807, 2.05) is 12.1 Å². The molecule has 2 bridgehead atoms. The summed E-state index contributed by atoms with van der Waals surface area (Å²) >= 11 is 6.40. The number of ether oxygens (including phenoxy) is 1. The molecule has 46 heavy (non-hydrogen) atoms. The average molecular weight is 667 g/mol. The van der Waals surface area contributed by atoms with E-state index in [0.717, 1.165) is 42.8 Å². The summed E-state index contributed by atoms with van der Waals surface area (Å²) < 4.78 is 41.6. The molecular formula is C34H39ClN4O6S. The van der Waals surface area contributed by atoms with Crippen LogP contribution in [-0.4, -0.2) is 60.7 Å². The van der Waals surface area contributed by atoms with Crippen molar-refractivity contribution in [2.45, 2.75) is 75.1 Å². The second kappa shape index (κ2) is 12.3. The van der Waals surface area contributed by atoms with Gasteiger partial charge in [0.25, 0.3) is 5.91 Å². The number of sulfonamides is 1. The Morgan fingerprint density at radius 1 is 1.15 bits per heavy atom. The Morgan fingerprint density at radius 2 is 2.02 bits per heavy atom. The number of allylic oxidation sites excluding steroid dienone is 1. The zero-order valence-corrected chi connectivity index (χ0v) is 27.4. The number of amides is 1. The van der Waals surface area contributed by atoms with Gasteiger partial charge in [-0.1, -0.05) is 29.8 Å². The third kappa shape index (κ3) is 6.04. The summed E-state index contributed by atoms with van der Waals surface area (Å²) in [5.74, 6) is 0.800. The molecule has 10 nitrogen and oxygen atoms in total. The summed E-state index contributed by atoms with van der Waals surface area (Å²) in [5.41, 5.74) is 3.17. The minimum absolute atomic E-state index is 0.0366. The fraction of sp³-hybridized carbons (Fsp3) is 0.500. The van der Waals surface area contributed by atoms with Crippen molar-refractivity contribution in [1.82, 2.24) is 14.9 Å². The van der Waals surface area contributed by atoms with Gasteiger partial charge in [-0.25, -0.2) is 13.1 Å². The monoisotopic (exact) mass is 666 g/mol. The number of hydrogen-bond acceptors (Lipinski definition) is 9. The van der Waals surface area contributed by atoms with Crippen molar-refractivity contribution >= 4 is 33.2 Å². The Balaban J connectivity index is 1.26. The number of carbonyl (C=O) groups excluding carboxylic acids is 1. The largest absolute Gasteiger partial charge is 0.490 e. The highest BCUT2D eigenvalue weighted by Crippen LogP contribution is 2.46. The molecule has 1 aromatic heterocycles. The Kier molecular flexibility index (Phi) is 8.35. The van der Waals surface area contributed by atoms with Crippen molar-refractivity contribution in [1.29, 1.82) is 0 Å². The first-order valence-corrected chi connectivity index (χ1v) is 18.0. The van der Waals surface area contributed by atoms with Crippen LogP contribution >= 0.6 is 11.6 Å². The van der Waals surface area contributed by atoms with E-state index in [1.165, 1.54) is 11.1 Å². The molecule has 5 atom stereocenters. The number of aliphatic hydroxyl groups excluding tert-OH is 1. The summed E-state index contributed by atoms with van der Waals surface area (Å²) in [5, 5.41) is 18.7. The van der Waals surface area contributed by atoms with Crippen molar-refractivity contribution in [2.24, 2.45) is 11.8 Å². The fourth-order valence-electron chi connectivity index (χ4n) is 7.72. The van der Waals surface area contributed by atoms with Gasteiger partial charge >= 0.3 is 0 Å². The molecule has 1 amide bonds. The van der Waals surface area contributed by atoms with Crippen LogP contribution in [0, 0.1) is 18.8 Å². The molecular weight excluding hydrogens is 628 g/mol. The number of carbonyl (C=O) groups is 1. The van der Waals surface area contributed by atoms with Crippen molar-refractivity contribution in [3.8, 4) is 5.75 Å². The second-order valence-corrected chi connectivity index (χ2v) is 15.7. The van der Waals surface area contributed by atoms with Crippen LogP contribution in [-0.2, 0) is 28.3 Å². The van der Waals surface area contributed by atoms with Crippen LogP contribution in [0.3, 0.4) is 0 Å². The molecule has 0 unspecified atom stereocenters. The van der Waals surface area contributed by atoms with Crippen molar-refractivity contribution in [3.05, 3.63) is 82.0 Å². The number of aliphatic hydroxyl groups is 1. The Labute approximate surface area is 274 Å². The van der Waals surface area contributed by atoms with Gasteiger partial charge in [0, 0.05) is 42.4 Å². The van der Waals surface area contributed by atoms with Crippen LogP contribution in [0.2, 0.25) is 5.02 Å². The fourth-order valence-corrected chi connectivity index (χ4v) is 9.27. The van der Waals surface area contributed by atoms with E-state index < -0.39 is 27.3 Å². The maximum absolute atomic E-state index is 13.6. The molecule has 1 spiro atoms. The highest BCUT2D eigenvalue weighted by molar-refractivity contribution is 7.90. The summed E-state index contributed by atoms with van der Waals surface area (Å²) in [6, 6.07) is 11.3. The lowest BCUT2D eigenvalue weighted by Crippen LogP contribution is -2.49. The quantitative estimate of drug-likeness (QED) is 0.366. The second-order valence-electron chi connectivity index (χ2n) is 13.3. The van der Waals surface area contributed by atoms with Gasteiger partial charge in [0.15, 0.2) is 0 Å². The van der Waals surface area contributed by atoms with Gasteiger partial charge in [0.05, 0.1) is 23.6 Å². The van der Waals surface area contributed by atoms with Crippen LogP contribution < -0.4 is 14.4 Å². The maximum Gasteiger partial charge on any atom is 0.264 e. The molecule has 2 aliphatic carbocycles. The number of rotatable bonds is 2. The number of halogens is 1. The van der Waals surface area contributed by atoms with Crippen LogP contribution in [0.5, 0.6) is 5.75 Å². The number of aromatic nitrogens is 2. The molecule has 3 heterocycles. The van der Waals surface area contributed by atoms with Crippen LogP contribution in [0.25, 0.3) is 0 Å². The lowest BCUT2D eigenvalue weighted by atomic mass is 9.68. The molecule has 1 saturated carbocycles. The molecule has 12 heteroatoms. The average Bonchev–Trinajstić information content (AvgIpc) is 3.35. The zero-order valence-electron chi connectivity index (χ0n) is 25.8. The normalized spacial score (nSPS) is 29.8. The minimum atomic E-state index is -4.14. The Bertz CT molecular complexity index is 1780. The highest BCUT2D eigenvalue weighted by atomic mass is 35.5. The molecule has 1 fully saturated rings. The van der Waals surface area contributed by atoms with Crippen LogP contribution in [0.1, 0.15) is 71.8 Å². The summed E-state index contributed by atoms with van der Waals surface area (Å²) in [6.45, 7) is 3.46. The van der Waals surface area contributed by atoms with E-state index in [0.29, 0.717) is 37.8 Å². The Morgan fingerprint density at radius 3 is 2.80 bits per heavy atom. The molecule has 3 aromatic rings. The molecule has 2 aliphatic heterocycles. The number of anilines is 1. The first kappa shape index (κ1) is 31.2. The van der Waals surface area contributed by atoms with E-state index in [9.17, 15) is 18.3 Å². The third-order valence-corrected chi connectivity index (χ3v) is 12.3. The van der Waals surface area contributed by atoms with Crippen molar-refractivity contribution < 1.29 is 27.5 Å². The number of nitrogens with zero attached hydrogens (tertiary/aromatic N) is 3. The third-order valence-electron chi connectivity index (χ3n) is 10.3. The molecule has 2 N–H and O–H groups in total. The van der Waals surface area contributed by atoms with Gasteiger partial charge in [-0.2, -0.15) is 0 Å². The molecule has 4 aliphatic rings. The lowest BCUT2D eigenvalue weighted by Gasteiger charge is -2.45. The predicted molar refractivity (Wildman–Crippen MR) is 174 cm³/mol. The topological polar surface area (TPSA) is 135 Å². The Hall–Kier alpha value is -3.41. The first-order valence-electron chi connectivity index (χ1n) is 16.1. The van der Waals surface area contributed by atoms with E-state index in [2.05, 4.69) is 32.0 Å². The number of hydrogen-bond donors (Lipinski definition) is 2. The van der Waals surface area contributed by atoms with Gasteiger partial charge in [0.1, 0.15) is 5.75 Å². The van der Waals surface area contributed by atoms with Gasteiger partial charge in [-0.05, 0) is 98.2 Å². The highest BCUT2D eigenvalue weighted by Gasteiger charge is 2.44. The molecule has 244 valence electrons. The van der Waals surface area contributed by atoms with E-state index in [4.69, 9.17) is 20.8 Å². The van der Waals surface area contributed by atoms with Gasteiger partial charge in [-0.15, -0.1) is 10.2 Å². The van der Waals surface area contributed by atoms with E-state index in [-0.39, 0.29) is 41.5 Å². The van der Waals surface area contributed by atoms with Crippen LogP contribution in [0.4, 0.5) is 5.69 Å². The summed E-state index contributed by atoms with van der Waals surface area (Å²) in [6.07, 6.45) is 8.38. The van der Waals surface area contributed by atoms with Crippen LogP contribution in [0.15, 0.2) is 53.0 Å². The maximum atomic E-state index is 13.6. The number of nitrogens with one attached hydrogen (secondary N) is 1. The van der Waals surface area contributed by atoms with E-state index in [1.54, 1.807) is 31.2 Å². The SMILES string of the molecule is Cc1nnc(C[C@H]2CC/C=C/[C@H](O)[C@@H]3CC[C@H]3CN3C[C@@]4(CCCc5cc(Cl)ccc54)COc4ccc(cc43)C(=O)NS2(=O)=O)o1. The molecule has 0 saturated heterocycles. The van der Waals surface area contributed by atoms with Gasteiger partial charge in [-0.3, -0.25) is 4.79 Å². The predicted octanol–water partition coefficient (Wildman–Crippen LogP) is 4.91. The van der Waals surface area contributed by atoms with Gasteiger partial charge < -0.3 is 19.2 Å². The summed E-state index contributed by atoms with van der Waals surface area (Å²) in [4.78, 5) is 15.9. The molecule has 2 aromatic carbocycles. The number of fused-ring (bicyclic) bond motifs is 4. The minimum Gasteiger partial charge on any atom is -0.490 e. The number of benzene rings is 2. The van der Waals surface area contributed by atoms with Gasteiger partial charge in [0.2, 0.25) is 21.8 Å².